The van der Waals surface area contributed by atoms with E-state index in [0.29, 0.717) is 73.6 Å². The Hall–Kier alpha value is -6.38. The van der Waals surface area contributed by atoms with E-state index in [4.69, 9.17) is 9.72 Å². The van der Waals surface area contributed by atoms with Gasteiger partial charge in [0, 0.05) is 97.0 Å². The molecule has 4 N–H and O–H groups in total. The van der Waals surface area contributed by atoms with Gasteiger partial charge in [-0.15, -0.1) is 0 Å². The molecule has 0 aliphatic carbocycles. The van der Waals surface area contributed by atoms with Gasteiger partial charge in [-0.3, -0.25) is 24.1 Å². The number of H-pyrrole nitrogens is 1. The van der Waals surface area contributed by atoms with Gasteiger partial charge in [0.25, 0.3) is 17.4 Å². The summed E-state index contributed by atoms with van der Waals surface area (Å²) in [7, 11) is 0. The average molecular weight is 868 g/mol. The number of aromatic nitrogens is 5. The Kier molecular flexibility index (Phi) is 14.3. The predicted octanol–water partition coefficient (Wildman–Crippen LogP) is 7.16. The van der Waals surface area contributed by atoms with Crippen LogP contribution < -0.4 is 21.5 Å². The number of amides is 3. The molecule has 1 aliphatic rings. The minimum Gasteiger partial charge on any atom is -0.379 e. The third kappa shape index (κ3) is 10.2. The highest BCUT2D eigenvalue weighted by Crippen LogP contribution is 2.31. The van der Waals surface area contributed by atoms with E-state index in [9.17, 15) is 19.2 Å². The highest BCUT2D eigenvalue weighted by atomic mass is 16.5. The van der Waals surface area contributed by atoms with Gasteiger partial charge in [0.05, 0.1) is 30.0 Å². The number of carbonyl (C=O) groups excluding carboxylic acids is 3. The molecule has 0 bridgehead atoms. The Balaban J connectivity index is 1.24. The maximum absolute atomic E-state index is 14.1. The molecular weight excluding hydrogens is 807 g/mol. The van der Waals surface area contributed by atoms with Crippen LogP contribution >= 0.6 is 0 Å². The second-order valence-corrected chi connectivity index (χ2v) is 17.7. The number of fused-ring (bicyclic) bond motifs is 2. The van der Waals surface area contributed by atoms with E-state index in [-0.39, 0.29) is 42.0 Å². The molecule has 6 heterocycles. The van der Waals surface area contributed by atoms with Crippen LogP contribution in [0.5, 0.6) is 0 Å². The van der Waals surface area contributed by atoms with Gasteiger partial charge in [-0.05, 0) is 121 Å². The molecule has 0 radical (unpaired) electrons. The van der Waals surface area contributed by atoms with Crippen molar-refractivity contribution in [2.45, 2.75) is 99.4 Å². The SMILES string of the molecule is CC(CNC(=O)c1cc(-c2ccc(CN3CCOCC3)c(Cc3cc(C)[nH]c(=O)c3CNC(=O)c3ccnc4c3ccn4C(C)C)c2)nc2c1ccn2C(C)C)=C(C)CC(C)NC=O. The number of ether oxygens (including phenoxy) is 1. The molecule has 1 fully saturated rings. The Labute approximate surface area is 374 Å². The van der Waals surface area contributed by atoms with Gasteiger partial charge in [0.2, 0.25) is 6.41 Å². The van der Waals surface area contributed by atoms with Crippen molar-refractivity contribution >= 4 is 40.3 Å². The molecule has 64 heavy (non-hydrogen) atoms. The van der Waals surface area contributed by atoms with Gasteiger partial charge in [0.15, 0.2) is 0 Å². The summed E-state index contributed by atoms with van der Waals surface area (Å²) < 4.78 is 9.78. The Bertz CT molecular complexity index is 2770. The van der Waals surface area contributed by atoms with Crippen LogP contribution in [0.4, 0.5) is 0 Å². The number of benzene rings is 1. The number of hydrogen-bond donors (Lipinski definition) is 4. The number of nitrogens with one attached hydrogen (secondary N) is 4. The zero-order valence-electron chi connectivity index (χ0n) is 38.3. The van der Waals surface area contributed by atoms with Gasteiger partial charge in [0.1, 0.15) is 11.3 Å². The Morgan fingerprint density at radius 2 is 1.52 bits per heavy atom. The van der Waals surface area contributed by atoms with Crippen LogP contribution in [0.1, 0.15) is 116 Å². The summed E-state index contributed by atoms with van der Waals surface area (Å²) in [6.45, 7) is 20.2. The molecule has 7 rings (SSSR count). The van der Waals surface area contributed by atoms with E-state index in [2.05, 4.69) is 81.3 Å². The van der Waals surface area contributed by atoms with Gasteiger partial charge < -0.3 is 34.8 Å². The molecule has 1 saturated heterocycles. The molecule has 1 aliphatic heterocycles. The zero-order chi connectivity index (χ0) is 45.7. The number of carbonyl (C=O) groups is 3. The summed E-state index contributed by atoms with van der Waals surface area (Å²) in [6.07, 6.45) is 7.37. The number of morpholine rings is 1. The van der Waals surface area contributed by atoms with Crippen molar-refractivity contribution in [1.29, 1.82) is 0 Å². The van der Waals surface area contributed by atoms with Crippen molar-refractivity contribution in [2.75, 3.05) is 32.8 Å². The number of nitrogens with zero attached hydrogens (tertiary/aromatic N) is 5. The second kappa shape index (κ2) is 20.0. The molecule has 1 aromatic carbocycles. The lowest BCUT2D eigenvalue weighted by Gasteiger charge is -2.27. The number of aryl methyl sites for hydroxylation is 1. The summed E-state index contributed by atoms with van der Waals surface area (Å²) in [6, 6.07) is 16.0. The average Bonchev–Trinajstić information content (AvgIpc) is 3.91. The molecule has 1 atom stereocenters. The highest BCUT2D eigenvalue weighted by molar-refractivity contribution is 6.07. The third-order valence-electron chi connectivity index (χ3n) is 12.3. The topological polar surface area (TPSA) is 168 Å². The summed E-state index contributed by atoms with van der Waals surface area (Å²) >= 11 is 0. The first kappa shape index (κ1) is 45.6. The van der Waals surface area contributed by atoms with Crippen LogP contribution in [0.2, 0.25) is 0 Å². The normalized spacial score (nSPS) is 14.3. The van der Waals surface area contributed by atoms with Crippen molar-refractivity contribution in [3.63, 3.8) is 0 Å². The van der Waals surface area contributed by atoms with Crippen LogP contribution in [0.25, 0.3) is 33.3 Å². The summed E-state index contributed by atoms with van der Waals surface area (Å²) in [5.74, 6) is -0.494. The first-order chi connectivity index (χ1) is 30.7. The van der Waals surface area contributed by atoms with Crippen molar-refractivity contribution in [3.05, 3.63) is 128 Å². The number of hydrogen-bond acceptors (Lipinski definition) is 8. The minimum atomic E-state index is -0.287. The molecule has 6 aromatic rings. The van der Waals surface area contributed by atoms with Gasteiger partial charge in [-0.1, -0.05) is 23.3 Å². The van der Waals surface area contributed by atoms with Gasteiger partial charge in [-0.25, -0.2) is 9.97 Å². The van der Waals surface area contributed by atoms with E-state index >= 15 is 0 Å². The standard InChI is InChI=1S/C50H61N9O5/c1-30(2)58-15-12-40-42(11-14-51-46(40)58)48(61)53-27-44-39(22-35(8)55-50(44)63)24-38-23-36(9-10-37(38)28-57-17-19-64-20-18-57)45-25-43(41-13-16-59(31(3)4)47(41)56-45)49(62)52-26-33(6)32(5)21-34(7)54-29-60/h9-16,22-23,25,29-31,34H,17-21,24,26-28H2,1-8H3,(H,52,62)(H,53,61)(H,54,60)(H,55,63). The molecule has 3 amide bonds. The van der Waals surface area contributed by atoms with Crippen LogP contribution in [0.3, 0.4) is 0 Å². The Morgan fingerprint density at radius 1 is 0.828 bits per heavy atom. The van der Waals surface area contributed by atoms with Crippen molar-refractivity contribution in [3.8, 4) is 11.3 Å². The van der Waals surface area contributed by atoms with E-state index in [1.54, 1.807) is 12.3 Å². The quantitative estimate of drug-likeness (QED) is 0.0554. The third-order valence-corrected chi connectivity index (χ3v) is 12.3. The smallest absolute Gasteiger partial charge is 0.253 e. The first-order valence-corrected chi connectivity index (χ1v) is 22.2. The van der Waals surface area contributed by atoms with Crippen LogP contribution in [-0.4, -0.2) is 86.1 Å². The molecule has 14 heteroatoms. The number of rotatable bonds is 17. The monoisotopic (exact) mass is 867 g/mol. The maximum atomic E-state index is 14.1. The highest BCUT2D eigenvalue weighted by Gasteiger charge is 2.22. The molecule has 0 spiro atoms. The summed E-state index contributed by atoms with van der Waals surface area (Å²) in [5, 5.41) is 10.5. The van der Waals surface area contributed by atoms with E-state index < -0.39 is 0 Å². The van der Waals surface area contributed by atoms with E-state index in [1.807, 2.05) is 68.9 Å². The number of aromatic amines is 1. The summed E-state index contributed by atoms with van der Waals surface area (Å²) in [4.78, 5) is 67.7. The lowest BCUT2D eigenvalue weighted by atomic mass is 9.93. The van der Waals surface area contributed by atoms with Gasteiger partial charge >= 0.3 is 0 Å². The van der Waals surface area contributed by atoms with Crippen LogP contribution in [0.15, 0.2) is 83.1 Å². The molecule has 5 aromatic heterocycles. The fraction of sp³-hybridized carbons (Fsp3) is 0.400. The lowest BCUT2D eigenvalue weighted by molar-refractivity contribution is -0.110. The molecular formula is C50H61N9O5. The molecule has 0 saturated carbocycles. The van der Waals surface area contributed by atoms with Crippen molar-refractivity contribution in [1.82, 2.24) is 44.9 Å². The van der Waals surface area contributed by atoms with Crippen LogP contribution in [0, 0.1) is 6.92 Å². The van der Waals surface area contributed by atoms with Gasteiger partial charge in [-0.2, -0.15) is 0 Å². The minimum absolute atomic E-state index is 0.0156. The molecule has 336 valence electrons. The maximum Gasteiger partial charge on any atom is 0.253 e. The predicted molar refractivity (Wildman–Crippen MR) is 252 cm³/mol. The Morgan fingerprint density at radius 3 is 2.22 bits per heavy atom. The summed E-state index contributed by atoms with van der Waals surface area (Å²) in [5.41, 5.74) is 9.95. The number of pyridine rings is 3. The van der Waals surface area contributed by atoms with E-state index in [0.717, 1.165) is 68.6 Å². The fourth-order valence-electron chi connectivity index (χ4n) is 8.53. The van der Waals surface area contributed by atoms with Crippen molar-refractivity contribution < 1.29 is 19.1 Å². The van der Waals surface area contributed by atoms with Crippen LogP contribution in [-0.2, 0) is 29.0 Å². The van der Waals surface area contributed by atoms with Crippen molar-refractivity contribution in [2.24, 2.45) is 0 Å². The zero-order valence-corrected chi connectivity index (χ0v) is 38.3. The molecule has 14 nitrogen and oxygen atoms in total. The largest absolute Gasteiger partial charge is 0.379 e. The second-order valence-electron chi connectivity index (χ2n) is 17.7. The molecule has 1 unspecified atom stereocenters. The lowest BCUT2D eigenvalue weighted by Crippen LogP contribution is -2.35. The fourth-order valence-corrected chi connectivity index (χ4v) is 8.53. The first-order valence-electron chi connectivity index (χ1n) is 22.2. The van der Waals surface area contributed by atoms with E-state index in [1.165, 1.54) is 0 Å².